The molecule has 0 bridgehead atoms. The van der Waals surface area contributed by atoms with Gasteiger partial charge in [-0.1, -0.05) is 79.2 Å². The minimum absolute atomic E-state index is 0.122. The number of ether oxygens (including phenoxy) is 2. The number of carbonyl (C=O) groups is 1. The number of aryl methyl sites for hydroxylation is 1. The molecule has 0 saturated carbocycles. The molecule has 3 aromatic rings. The highest BCUT2D eigenvalue weighted by molar-refractivity contribution is 5.69. The lowest BCUT2D eigenvalue weighted by Gasteiger charge is -2.14. The summed E-state index contributed by atoms with van der Waals surface area (Å²) in [6.45, 7) is 2.98. The molecule has 0 aromatic heterocycles. The zero-order valence-electron chi connectivity index (χ0n) is 23.2. The number of allylic oxidation sites excluding steroid dienone is 1. The van der Waals surface area contributed by atoms with Crippen molar-refractivity contribution < 1.29 is 14.3 Å². The smallest absolute Gasteiger partial charge is 0.305 e. The van der Waals surface area contributed by atoms with Crippen molar-refractivity contribution in [3.63, 3.8) is 0 Å². The molecule has 39 heavy (non-hydrogen) atoms. The van der Waals surface area contributed by atoms with Crippen LogP contribution >= 0.6 is 0 Å². The van der Waals surface area contributed by atoms with Gasteiger partial charge in [-0.25, -0.2) is 0 Å². The van der Waals surface area contributed by atoms with E-state index in [0.29, 0.717) is 31.1 Å². The van der Waals surface area contributed by atoms with Crippen LogP contribution in [0.15, 0.2) is 84.9 Å². The van der Waals surface area contributed by atoms with E-state index in [2.05, 4.69) is 54.6 Å². The van der Waals surface area contributed by atoms with E-state index in [0.717, 1.165) is 56.3 Å². The number of para-hydroxylation sites is 1. The molecule has 4 heteroatoms. The summed E-state index contributed by atoms with van der Waals surface area (Å²) in [5.74, 6) is 1.10. The molecule has 3 aromatic carbocycles. The Morgan fingerprint density at radius 1 is 0.872 bits per heavy atom. The average Bonchev–Trinajstić information content (AvgIpc) is 2.97. The van der Waals surface area contributed by atoms with Crippen LogP contribution in [0.5, 0.6) is 5.75 Å². The standard InChI is InChI=1S/C35H41NO3/c1-2-38-35(37)19-11-8-16-30(27-31-20-22-32(28-36)23-21-31)24-25-33-17-9-10-18-34(33)39-26-12-4-7-15-29-13-5-3-6-14-29/h3,5-6,9-10,13-14,17-18,20-25,30H,2,4,7-8,11-12,15-16,19,26-27H2,1H3. The molecular weight excluding hydrogens is 482 g/mol. The van der Waals surface area contributed by atoms with Crippen LogP contribution in [0.1, 0.15) is 74.1 Å². The first kappa shape index (κ1) is 29.7. The summed E-state index contributed by atoms with van der Waals surface area (Å²) >= 11 is 0. The fourth-order valence-electron chi connectivity index (χ4n) is 4.62. The SMILES string of the molecule is CCOC(=O)CCCCC(C=Cc1ccccc1OCCCCCc1ccccc1)Cc1ccc(C#N)cc1. The van der Waals surface area contributed by atoms with Crippen LogP contribution in [-0.2, 0) is 22.4 Å². The van der Waals surface area contributed by atoms with Crippen molar-refractivity contribution in [2.45, 2.75) is 64.7 Å². The predicted octanol–water partition coefficient (Wildman–Crippen LogP) is 8.35. The van der Waals surface area contributed by atoms with Crippen molar-refractivity contribution in [3.8, 4) is 11.8 Å². The van der Waals surface area contributed by atoms with Crippen LogP contribution in [-0.4, -0.2) is 19.2 Å². The van der Waals surface area contributed by atoms with Gasteiger partial charge in [0.15, 0.2) is 0 Å². The Balaban J connectivity index is 1.54. The van der Waals surface area contributed by atoms with Crippen molar-refractivity contribution >= 4 is 12.0 Å². The van der Waals surface area contributed by atoms with Gasteiger partial charge in [0.25, 0.3) is 0 Å². The number of hydrogen-bond acceptors (Lipinski definition) is 4. The molecule has 0 spiro atoms. The number of hydrogen-bond donors (Lipinski definition) is 0. The molecule has 0 fully saturated rings. The molecule has 0 saturated heterocycles. The van der Waals surface area contributed by atoms with Crippen molar-refractivity contribution in [2.24, 2.45) is 5.92 Å². The summed E-state index contributed by atoms with van der Waals surface area (Å²) in [6.07, 6.45) is 13.0. The van der Waals surface area contributed by atoms with E-state index >= 15 is 0 Å². The van der Waals surface area contributed by atoms with Crippen molar-refractivity contribution in [2.75, 3.05) is 13.2 Å². The number of esters is 1. The van der Waals surface area contributed by atoms with Crippen LogP contribution < -0.4 is 4.74 Å². The van der Waals surface area contributed by atoms with Crippen LogP contribution in [0, 0.1) is 17.2 Å². The second-order valence-electron chi connectivity index (χ2n) is 9.87. The predicted molar refractivity (Wildman–Crippen MR) is 158 cm³/mol. The second-order valence-corrected chi connectivity index (χ2v) is 9.87. The van der Waals surface area contributed by atoms with E-state index in [-0.39, 0.29) is 5.97 Å². The molecular formula is C35H41NO3. The number of carbonyl (C=O) groups excluding carboxylic acids is 1. The highest BCUT2D eigenvalue weighted by Crippen LogP contribution is 2.24. The molecule has 0 aliphatic rings. The Morgan fingerprint density at radius 2 is 1.64 bits per heavy atom. The molecule has 0 N–H and O–H groups in total. The highest BCUT2D eigenvalue weighted by Gasteiger charge is 2.10. The van der Waals surface area contributed by atoms with Crippen LogP contribution in [0.25, 0.3) is 6.08 Å². The number of unbranched alkanes of at least 4 members (excludes halogenated alkanes) is 3. The summed E-state index contributed by atoms with van der Waals surface area (Å²) < 4.78 is 11.2. The number of nitriles is 1. The Morgan fingerprint density at radius 3 is 2.41 bits per heavy atom. The molecule has 1 unspecified atom stereocenters. The van der Waals surface area contributed by atoms with Crippen LogP contribution in [0.2, 0.25) is 0 Å². The lowest BCUT2D eigenvalue weighted by Crippen LogP contribution is -2.05. The Kier molecular flexibility index (Phi) is 13.4. The average molecular weight is 524 g/mol. The van der Waals surface area contributed by atoms with Crippen LogP contribution in [0.3, 0.4) is 0 Å². The molecule has 1 atom stereocenters. The maximum atomic E-state index is 11.7. The molecule has 4 nitrogen and oxygen atoms in total. The first-order valence-corrected chi connectivity index (χ1v) is 14.3. The molecule has 0 aliphatic carbocycles. The summed E-state index contributed by atoms with van der Waals surface area (Å²) in [7, 11) is 0. The zero-order valence-corrected chi connectivity index (χ0v) is 23.2. The van der Waals surface area contributed by atoms with Crippen molar-refractivity contribution in [1.82, 2.24) is 0 Å². The van der Waals surface area contributed by atoms with Gasteiger partial charge >= 0.3 is 5.97 Å². The Bertz CT molecular complexity index is 1180. The molecule has 0 heterocycles. The summed E-state index contributed by atoms with van der Waals surface area (Å²) in [5, 5.41) is 9.11. The first-order valence-electron chi connectivity index (χ1n) is 14.3. The summed E-state index contributed by atoms with van der Waals surface area (Å²) in [5.41, 5.74) is 4.35. The Hall–Kier alpha value is -3.84. The van der Waals surface area contributed by atoms with Gasteiger partial charge in [-0.3, -0.25) is 4.79 Å². The maximum Gasteiger partial charge on any atom is 0.305 e. The summed E-state index contributed by atoms with van der Waals surface area (Å²) in [4.78, 5) is 11.7. The number of benzene rings is 3. The molecule has 204 valence electrons. The first-order chi connectivity index (χ1) is 19.2. The van der Waals surface area contributed by atoms with Crippen LogP contribution in [0.4, 0.5) is 0 Å². The summed E-state index contributed by atoms with van der Waals surface area (Å²) in [6, 6.07) is 28.8. The van der Waals surface area contributed by atoms with Gasteiger partial charge in [-0.2, -0.15) is 5.26 Å². The van der Waals surface area contributed by atoms with E-state index in [4.69, 9.17) is 14.7 Å². The highest BCUT2D eigenvalue weighted by atomic mass is 16.5. The zero-order chi connectivity index (χ0) is 27.5. The maximum absolute atomic E-state index is 11.7. The lowest BCUT2D eigenvalue weighted by molar-refractivity contribution is -0.143. The third kappa shape index (κ3) is 11.6. The molecule has 0 aliphatic heterocycles. The topological polar surface area (TPSA) is 59.3 Å². The van der Waals surface area contributed by atoms with Gasteiger partial charge in [0.1, 0.15) is 5.75 Å². The second kappa shape index (κ2) is 17.6. The monoisotopic (exact) mass is 523 g/mol. The van der Waals surface area contributed by atoms with E-state index in [1.165, 1.54) is 17.5 Å². The quantitative estimate of drug-likeness (QED) is 0.132. The Labute approximate surface area is 234 Å². The van der Waals surface area contributed by atoms with Gasteiger partial charge in [-0.05, 0) is 87.1 Å². The van der Waals surface area contributed by atoms with Gasteiger partial charge in [0.2, 0.25) is 0 Å². The van der Waals surface area contributed by atoms with Crippen molar-refractivity contribution in [1.29, 1.82) is 5.26 Å². The normalized spacial score (nSPS) is 11.7. The fraction of sp³-hybridized carbons (Fsp3) is 0.371. The van der Waals surface area contributed by atoms with Gasteiger partial charge < -0.3 is 9.47 Å². The minimum atomic E-state index is -0.122. The third-order valence-electron chi connectivity index (χ3n) is 6.77. The van der Waals surface area contributed by atoms with Crippen molar-refractivity contribution in [3.05, 3.63) is 107 Å². The van der Waals surface area contributed by atoms with E-state index in [9.17, 15) is 4.79 Å². The van der Waals surface area contributed by atoms with E-state index in [1.807, 2.05) is 49.4 Å². The van der Waals surface area contributed by atoms with Gasteiger partial charge in [0.05, 0.1) is 24.8 Å². The van der Waals surface area contributed by atoms with E-state index in [1.54, 1.807) is 0 Å². The molecule has 0 radical (unpaired) electrons. The molecule has 3 rings (SSSR count). The lowest BCUT2D eigenvalue weighted by atomic mass is 9.92. The molecule has 0 amide bonds. The third-order valence-corrected chi connectivity index (χ3v) is 6.77. The van der Waals surface area contributed by atoms with E-state index < -0.39 is 0 Å². The fourth-order valence-corrected chi connectivity index (χ4v) is 4.62. The number of nitrogens with zero attached hydrogens (tertiary/aromatic N) is 1. The largest absolute Gasteiger partial charge is 0.493 e. The number of rotatable bonds is 17. The van der Waals surface area contributed by atoms with Gasteiger partial charge in [0, 0.05) is 12.0 Å². The van der Waals surface area contributed by atoms with Gasteiger partial charge in [-0.15, -0.1) is 0 Å². The minimum Gasteiger partial charge on any atom is -0.493 e.